The van der Waals surface area contributed by atoms with Gasteiger partial charge in [-0.2, -0.15) is 0 Å². The molecular formula is C19H21NO3. The van der Waals surface area contributed by atoms with Crippen LogP contribution in [0.2, 0.25) is 0 Å². The maximum Gasteiger partial charge on any atom is 0.258 e. The molecule has 1 N–H and O–H groups in total. The van der Waals surface area contributed by atoms with E-state index in [1.165, 1.54) is 0 Å². The first kappa shape index (κ1) is 15.6. The second kappa shape index (κ2) is 7.79. The van der Waals surface area contributed by atoms with Crippen LogP contribution in [-0.2, 0) is 9.53 Å². The summed E-state index contributed by atoms with van der Waals surface area (Å²) in [7, 11) is 0. The molecule has 120 valence electrons. The molecule has 1 heterocycles. The predicted octanol–water partition coefficient (Wildman–Crippen LogP) is 3.03. The van der Waals surface area contributed by atoms with Gasteiger partial charge in [-0.1, -0.05) is 42.5 Å². The van der Waals surface area contributed by atoms with Gasteiger partial charge in [-0.15, -0.1) is 0 Å². The quantitative estimate of drug-likeness (QED) is 0.892. The molecule has 1 aliphatic rings. The average molecular weight is 311 g/mol. The number of rotatable bonds is 6. The highest BCUT2D eigenvalue weighted by Gasteiger charge is 2.16. The van der Waals surface area contributed by atoms with Crippen LogP contribution in [0.5, 0.6) is 5.75 Å². The third-order valence-electron chi connectivity index (χ3n) is 3.88. The first-order valence-electron chi connectivity index (χ1n) is 7.98. The summed E-state index contributed by atoms with van der Waals surface area (Å²) in [6.45, 7) is 1.39. The molecule has 4 nitrogen and oxygen atoms in total. The summed E-state index contributed by atoms with van der Waals surface area (Å²) >= 11 is 0. The maximum atomic E-state index is 11.8. The molecule has 3 rings (SSSR count). The standard InChI is InChI=1S/C19H21NO3/c21-19(20-13-18-7-4-12-22-18)14-23-17-10-8-16(9-11-17)15-5-2-1-3-6-15/h1-3,5-6,8-11,18H,4,7,12-14H2,(H,20,21). The summed E-state index contributed by atoms with van der Waals surface area (Å²) in [4.78, 5) is 11.8. The minimum absolute atomic E-state index is 0.0252. The average Bonchev–Trinajstić information content (AvgIpc) is 3.13. The normalized spacial score (nSPS) is 17.0. The second-order valence-electron chi connectivity index (χ2n) is 5.62. The molecule has 0 radical (unpaired) electrons. The molecule has 1 fully saturated rings. The van der Waals surface area contributed by atoms with Crippen molar-refractivity contribution in [2.75, 3.05) is 19.8 Å². The second-order valence-corrected chi connectivity index (χ2v) is 5.62. The van der Waals surface area contributed by atoms with Crippen LogP contribution in [0.4, 0.5) is 0 Å². The van der Waals surface area contributed by atoms with Gasteiger partial charge in [0.05, 0.1) is 6.10 Å². The predicted molar refractivity (Wildman–Crippen MR) is 89.4 cm³/mol. The van der Waals surface area contributed by atoms with Gasteiger partial charge >= 0.3 is 0 Å². The third kappa shape index (κ3) is 4.57. The van der Waals surface area contributed by atoms with Crippen LogP contribution < -0.4 is 10.1 Å². The molecule has 2 aromatic carbocycles. The van der Waals surface area contributed by atoms with E-state index in [0.29, 0.717) is 12.3 Å². The van der Waals surface area contributed by atoms with Gasteiger partial charge < -0.3 is 14.8 Å². The van der Waals surface area contributed by atoms with Crippen molar-refractivity contribution in [1.29, 1.82) is 0 Å². The molecule has 1 aliphatic heterocycles. The largest absolute Gasteiger partial charge is 0.484 e. The number of nitrogens with one attached hydrogen (secondary N) is 1. The fourth-order valence-electron chi connectivity index (χ4n) is 2.61. The smallest absolute Gasteiger partial charge is 0.258 e. The van der Waals surface area contributed by atoms with Crippen molar-refractivity contribution in [3.05, 3.63) is 54.6 Å². The summed E-state index contributed by atoms with van der Waals surface area (Å²) in [6.07, 6.45) is 2.25. The lowest BCUT2D eigenvalue weighted by Crippen LogP contribution is -2.35. The molecular weight excluding hydrogens is 290 g/mol. The Bertz CT molecular complexity index is 619. The van der Waals surface area contributed by atoms with Crippen molar-refractivity contribution in [2.24, 2.45) is 0 Å². The Labute approximate surface area is 136 Å². The molecule has 0 bridgehead atoms. The van der Waals surface area contributed by atoms with E-state index in [4.69, 9.17) is 9.47 Å². The van der Waals surface area contributed by atoms with Gasteiger partial charge in [0, 0.05) is 13.2 Å². The fourth-order valence-corrected chi connectivity index (χ4v) is 2.61. The van der Waals surface area contributed by atoms with Gasteiger partial charge in [0.25, 0.3) is 5.91 Å². The van der Waals surface area contributed by atoms with E-state index in [0.717, 1.165) is 30.6 Å². The molecule has 2 aromatic rings. The molecule has 1 saturated heterocycles. The molecule has 23 heavy (non-hydrogen) atoms. The van der Waals surface area contributed by atoms with Crippen LogP contribution in [0.3, 0.4) is 0 Å². The highest BCUT2D eigenvalue weighted by atomic mass is 16.5. The number of ether oxygens (including phenoxy) is 2. The summed E-state index contributed by atoms with van der Waals surface area (Å²) in [5, 5.41) is 2.84. The van der Waals surface area contributed by atoms with Crippen molar-refractivity contribution in [3.63, 3.8) is 0 Å². The van der Waals surface area contributed by atoms with Gasteiger partial charge in [-0.05, 0) is 36.1 Å². The lowest BCUT2D eigenvalue weighted by Gasteiger charge is -2.11. The van der Waals surface area contributed by atoms with Crippen LogP contribution in [0.15, 0.2) is 54.6 Å². The molecule has 0 aromatic heterocycles. The molecule has 1 unspecified atom stereocenters. The van der Waals surface area contributed by atoms with E-state index in [2.05, 4.69) is 17.4 Å². The molecule has 1 amide bonds. The van der Waals surface area contributed by atoms with Gasteiger partial charge in [-0.25, -0.2) is 0 Å². The highest BCUT2D eigenvalue weighted by molar-refractivity contribution is 5.77. The van der Waals surface area contributed by atoms with Crippen LogP contribution in [-0.4, -0.2) is 31.8 Å². The SMILES string of the molecule is O=C(COc1ccc(-c2ccccc2)cc1)NCC1CCCO1. The van der Waals surface area contributed by atoms with Gasteiger partial charge in [0.2, 0.25) is 0 Å². The lowest BCUT2D eigenvalue weighted by molar-refractivity contribution is -0.123. The number of carbonyl (C=O) groups excluding carboxylic acids is 1. The topological polar surface area (TPSA) is 47.6 Å². The summed E-state index contributed by atoms with van der Waals surface area (Å²) in [5.74, 6) is 0.574. The van der Waals surface area contributed by atoms with E-state index in [9.17, 15) is 4.79 Å². The summed E-state index contributed by atoms with van der Waals surface area (Å²) in [6, 6.07) is 17.9. The Morgan fingerprint density at radius 2 is 1.83 bits per heavy atom. The molecule has 4 heteroatoms. The Morgan fingerprint density at radius 3 is 2.52 bits per heavy atom. The number of amides is 1. The van der Waals surface area contributed by atoms with E-state index in [-0.39, 0.29) is 18.6 Å². The van der Waals surface area contributed by atoms with E-state index in [1.807, 2.05) is 42.5 Å². The summed E-state index contributed by atoms with van der Waals surface area (Å²) < 4.78 is 11.0. The Kier molecular flexibility index (Phi) is 5.27. The molecule has 0 aliphatic carbocycles. The van der Waals surface area contributed by atoms with E-state index < -0.39 is 0 Å². The van der Waals surface area contributed by atoms with Crippen LogP contribution in [0.25, 0.3) is 11.1 Å². The van der Waals surface area contributed by atoms with Crippen molar-refractivity contribution in [2.45, 2.75) is 18.9 Å². The third-order valence-corrected chi connectivity index (χ3v) is 3.88. The monoisotopic (exact) mass is 311 g/mol. The molecule has 0 saturated carbocycles. The fraction of sp³-hybridized carbons (Fsp3) is 0.316. The lowest BCUT2D eigenvalue weighted by atomic mass is 10.1. The Hall–Kier alpha value is -2.33. The van der Waals surface area contributed by atoms with E-state index >= 15 is 0 Å². The van der Waals surface area contributed by atoms with Crippen LogP contribution in [0, 0.1) is 0 Å². The van der Waals surface area contributed by atoms with Crippen molar-refractivity contribution in [1.82, 2.24) is 5.32 Å². The Morgan fingerprint density at radius 1 is 1.09 bits per heavy atom. The zero-order valence-electron chi connectivity index (χ0n) is 13.0. The first-order valence-corrected chi connectivity index (χ1v) is 7.98. The number of hydrogen-bond acceptors (Lipinski definition) is 3. The zero-order chi connectivity index (χ0) is 15.9. The van der Waals surface area contributed by atoms with Crippen molar-refractivity contribution < 1.29 is 14.3 Å². The minimum Gasteiger partial charge on any atom is -0.484 e. The van der Waals surface area contributed by atoms with Gasteiger partial charge in [-0.3, -0.25) is 4.79 Å². The van der Waals surface area contributed by atoms with Gasteiger partial charge in [0.15, 0.2) is 6.61 Å². The maximum absolute atomic E-state index is 11.8. The zero-order valence-corrected chi connectivity index (χ0v) is 13.0. The number of carbonyl (C=O) groups is 1. The minimum atomic E-state index is -0.118. The highest BCUT2D eigenvalue weighted by Crippen LogP contribution is 2.21. The van der Waals surface area contributed by atoms with E-state index in [1.54, 1.807) is 0 Å². The molecule has 1 atom stereocenters. The Balaban J connectivity index is 1.45. The number of benzene rings is 2. The number of hydrogen-bond donors (Lipinski definition) is 1. The van der Waals surface area contributed by atoms with Gasteiger partial charge in [0.1, 0.15) is 5.75 Å². The van der Waals surface area contributed by atoms with Crippen LogP contribution in [0.1, 0.15) is 12.8 Å². The van der Waals surface area contributed by atoms with Crippen molar-refractivity contribution in [3.8, 4) is 16.9 Å². The summed E-state index contributed by atoms with van der Waals surface area (Å²) in [5.41, 5.74) is 2.29. The molecule has 0 spiro atoms. The van der Waals surface area contributed by atoms with Crippen molar-refractivity contribution >= 4 is 5.91 Å². The van der Waals surface area contributed by atoms with Crippen LogP contribution >= 0.6 is 0 Å². The first-order chi connectivity index (χ1) is 11.3.